The SMILES string of the molecule is CC(S)N1CCCC1. The molecule has 48 valence electrons. The lowest BCUT2D eigenvalue weighted by Crippen LogP contribution is -2.25. The maximum Gasteiger partial charge on any atom is 0.0499 e. The van der Waals surface area contributed by atoms with Crippen molar-refractivity contribution in [3.8, 4) is 0 Å². The Hall–Kier alpha value is 0.310. The van der Waals surface area contributed by atoms with Crippen LogP contribution in [0.15, 0.2) is 0 Å². The first-order valence-electron chi connectivity index (χ1n) is 3.23. The molecule has 1 nitrogen and oxygen atoms in total. The van der Waals surface area contributed by atoms with Gasteiger partial charge in [0.25, 0.3) is 0 Å². The molecule has 0 radical (unpaired) electrons. The summed E-state index contributed by atoms with van der Waals surface area (Å²) in [5.41, 5.74) is 0. The van der Waals surface area contributed by atoms with Crippen LogP contribution in [0.25, 0.3) is 0 Å². The summed E-state index contributed by atoms with van der Waals surface area (Å²) in [7, 11) is 0. The first-order valence-corrected chi connectivity index (χ1v) is 3.74. The molecule has 0 spiro atoms. The molecule has 1 aliphatic heterocycles. The summed E-state index contributed by atoms with van der Waals surface area (Å²) in [6, 6.07) is 0. The molecule has 0 aliphatic carbocycles. The Kier molecular flexibility index (Phi) is 2.20. The van der Waals surface area contributed by atoms with Gasteiger partial charge in [0.2, 0.25) is 0 Å². The maximum absolute atomic E-state index is 4.32. The van der Waals surface area contributed by atoms with Crippen molar-refractivity contribution >= 4 is 12.6 Å². The first-order chi connectivity index (χ1) is 3.80. The highest BCUT2D eigenvalue weighted by Gasteiger charge is 2.13. The van der Waals surface area contributed by atoms with Gasteiger partial charge in [0.15, 0.2) is 0 Å². The van der Waals surface area contributed by atoms with Gasteiger partial charge < -0.3 is 0 Å². The Balaban J connectivity index is 2.24. The topological polar surface area (TPSA) is 3.24 Å². The zero-order valence-corrected chi connectivity index (χ0v) is 6.19. The van der Waals surface area contributed by atoms with Gasteiger partial charge in [0.1, 0.15) is 0 Å². The maximum atomic E-state index is 4.32. The van der Waals surface area contributed by atoms with Gasteiger partial charge in [-0.3, -0.25) is 4.90 Å². The average molecular weight is 131 g/mol. The van der Waals surface area contributed by atoms with Crippen LogP contribution < -0.4 is 0 Å². The standard InChI is InChI=1S/C6H13NS/c1-6(8)7-4-2-3-5-7/h6,8H,2-5H2,1H3. The van der Waals surface area contributed by atoms with Gasteiger partial charge in [0, 0.05) is 5.37 Å². The van der Waals surface area contributed by atoms with E-state index in [0.717, 1.165) is 0 Å². The summed E-state index contributed by atoms with van der Waals surface area (Å²) in [5, 5.41) is 0.470. The van der Waals surface area contributed by atoms with E-state index in [1.165, 1.54) is 25.9 Å². The molecule has 8 heavy (non-hydrogen) atoms. The van der Waals surface area contributed by atoms with E-state index in [2.05, 4.69) is 24.5 Å². The van der Waals surface area contributed by atoms with E-state index >= 15 is 0 Å². The quantitative estimate of drug-likeness (QED) is 0.526. The molecule has 1 saturated heterocycles. The van der Waals surface area contributed by atoms with Crippen molar-refractivity contribution in [3.05, 3.63) is 0 Å². The average Bonchev–Trinajstić information content (AvgIpc) is 2.12. The second-order valence-corrected chi connectivity index (χ2v) is 3.12. The molecule has 0 amide bonds. The Labute approximate surface area is 56.5 Å². The Morgan fingerprint density at radius 2 is 1.88 bits per heavy atom. The van der Waals surface area contributed by atoms with Gasteiger partial charge in [-0.05, 0) is 32.9 Å². The van der Waals surface area contributed by atoms with Gasteiger partial charge in [-0.15, -0.1) is 0 Å². The molecule has 1 fully saturated rings. The summed E-state index contributed by atoms with van der Waals surface area (Å²) in [4.78, 5) is 2.39. The van der Waals surface area contributed by atoms with Crippen molar-refractivity contribution in [2.45, 2.75) is 25.1 Å². The number of likely N-dealkylation sites (tertiary alicyclic amines) is 1. The first kappa shape index (κ1) is 6.43. The molecule has 1 atom stereocenters. The lowest BCUT2D eigenvalue weighted by atomic mass is 10.4. The van der Waals surface area contributed by atoms with Gasteiger partial charge in [-0.2, -0.15) is 12.6 Å². The molecule has 0 aromatic rings. The van der Waals surface area contributed by atoms with E-state index in [1.807, 2.05) is 0 Å². The van der Waals surface area contributed by atoms with Crippen LogP contribution in [0.1, 0.15) is 19.8 Å². The largest absolute Gasteiger partial charge is 0.292 e. The minimum absolute atomic E-state index is 0.470. The smallest absolute Gasteiger partial charge is 0.0499 e. The van der Waals surface area contributed by atoms with Crippen LogP contribution in [0.5, 0.6) is 0 Å². The third kappa shape index (κ3) is 1.39. The summed E-state index contributed by atoms with van der Waals surface area (Å²) in [6.07, 6.45) is 2.73. The van der Waals surface area contributed by atoms with Gasteiger partial charge >= 0.3 is 0 Å². The molecular weight excluding hydrogens is 118 g/mol. The van der Waals surface area contributed by atoms with Crippen molar-refractivity contribution in [2.75, 3.05) is 13.1 Å². The van der Waals surface area contributed by atoms with Gasteiger partial charge in [0.05, 0.1) is 0 Å². The second-order valence-electron chi connectivity index (χ2n) is 2.37. The van der Waals surface area contributed by atoms with Crippen LogP contribution >= 0.6 is 12.6 Å². The van der Waals surface area contributed by atoms with Crippen molar-refractivity contribution in [1.82, 2.24) is 4.90 Å². The van der Waals surface area contributed by atoms with Crippen LogP contribution in [0.4, 0.5) is 0 Å². The van der Waals surface area contributed by atoms with Crippen LogP contribution in [-0.4, -0.2) is 23.4 Å². The highest BCUT2D eigenvalue weighted by Crippen LogP contribution is 2.12. The fraction of sp³-hybridized carbons (Fsp3) is 1.00. The molecule has 0 N–H and O–H groups in total. The highest BCUT2D eigenvalue weighted by molar-refractivity contribution is 7.80. The van der Waals surface area contributed by atoms with Crippen molar-refractivity contribution in [3.63, 3.8) is 0 Å². The molecule has 1 aliphatic rings. The molecule has 0 bridgehead atoms. The lowest BCUT2D eigenvalue weighted by molar-refractivity contribution is 0.334. The number of hydrogen-bond acceptors (Lipinski definition) is 2. The molecule has 0 saturated carbocycles. The Morgan fingerprint density at radius 1 is 1.38 bits per heavy atom. The predicted molar refractivity (Wildman–Crippen MR) is 39.3 cm³/mol. The normalized spacial score (nSPS) is 26.2. The number of thiol groups is 1. The zero-order valence-electron chi connectivity index (χ0n) is 5.30. The third-order valence-electron chi connectivity index (χ3n) is 1.67. The van der Waals surface area contributed by atoms with Crippen molar-refractivity contribution in [2.24, 2.45) is 0 Å². The van der Waals surface area contributed by atoms with E-state index in [0.29, 0.717) is 5.37 Å². The highest BCUT2D eigenvalue weighted by atomic mass is 32.1. The zero-order chi connectivity index (χ0) is 5.98. The number of rotatable bonds is 1. The van der Waals surface area contributed by atoms with Crippen LogP contribution in [0.3, 0.4) is 0 Å². The summed E-state index contributed by atoms with van der Waals surface area (Å²) >= 11 is 4.32. The van der Waals surface area contributed by atoms with E-state index < -0.39 is 0 Å². The number of hydrogen-bond donors (Lipinski definition) is 1. The monoisotopic (exact) mass is 131 g/mol. The minimum Gasteiger partial charge on any atom is -0.292 e. The third-order valence-corrected chi connectivity index (χ3v) is 2.00. The molecule has 0 aromatic heterocycles. The van der Waals surface area contributed by atoms with E-state index in [1.54, 1.807) is 0 Å². The van der Waals surface area contributed by atoms with Crippen LogP contribution in [-0.2, 0) is 0 Å². The molecule has 1 rings (SSSR count). The van der Waals surface area contributed by atoms with E-state index in [4.69, 9.17) is 0 Å². The van der Waals surface area contributed by atoms with E-state index in [-0.39, 0.29) is 0 Å². The van der Waals surface area contributed by atoms with Gasteiger partial charge in [-0.25, -0.2) is 0 Å². The Bertz CT molecular complexity index is 66.9. The molecular formula is C6H13NS. The summed E-state index contributed by atoms with van der Waals surface area (Å²) in [6.45, 7) is 4.64. The minimum atomic E-state index is 0.470. The molecule has 0 aromatic carbocycles. The van der Waals surface area contributed by atoms with E-state index in [9.17, 15) is 0 Å². The second kappa shape index (κ2) is 2.74. The molecule has 2 heteroatoms. The molecule has 1 unspecified atom stereocenters. The Morgan fingerprint density at radius 3 is 2.12 bits per heavy atom. The van der Waals surface area contributed by atoms with Crippen molar-refractivity contribution in [1.29, 1.82) is 0 Å². The fourth-order valence-electron chi connectivity index (χ4n) is 1.12. The van der Waals surface area contributed by atoms with Gasteiger partial charge in [-0.1, -0.05) is 0 Å². The predicted octanol–water partition coefficient (Wildman–Crippen LogP) is 1.36. The summed E-state index contributed by atoms with van der Waals surface area (Å²) < 4.78 is 0. The summed E-state index contributed by atoms with van der Waals surface area (Å²) in [5.74, 6) is 0. The van der Waals surface area contributed by atoms with Crippen LogP contribution in [0, 0.1) is 0 Å². The van der Waals surface area contributed by atoms with Crippen LogP contribution in [0.2, 0.25) is 0 Å². The molecule has 1 heterocycles. The number of nitrogens with zero attached hydrogens (tertiary/aromatic N) is 1. The van der Waals surface area contributed by atoms with Crippen molar-refractivity contribution < 1.29 is 0 Å². The lowest BCUT2D eigenvalue weighted by Gasteiger charge is -2.17. The fourth-order valence-corrected chi connectivity index (χ4v) is 1.35.